The van der Waals surface area contributed by atoms with E-state index in [9.17, 15) is 4.39 Å². The summed E-state index contributed by atoms with van der Waals surface area (Å²) in [7, 11) is 0. The summed E-state index contributed by atoms with van der Waals surface area (Å²) in [5.74, 6) is 1.85. The van der Waals surface area contributed by atoms with E-state index in [1.54, 1.807) is 6.08 Å². The molecule has 2 unspecified atom stereocenters. The smallest absolute Gasteiger partial charge is 0.130 e. The Morgan fingerprint density at radius 2 is 2.06 bits per heavy atom. The van der Waals surface area contributed by atoms with Gasteiger partial charge in [-0.3, -0.25) is 4.99 Å². The van der Waals surface area contributed by atoms with Gasteiger partial charge in [-0.2, -0.15) is 0 Å². The first-order valence-electron chi connectivity index (χ1n) is 12.2. The number of benzene rings is 1. The molecule has 0 saturated carbocycles. The van der Waals surface area contributed by atoms with Crippen molar-refractivity contribution in [3.63, 3.8) is 0 Å². The van der Waals surface area contributed by atoms with Gasteiger partial charge in [-0.15, -0.1) is 0 Å². The predicted octanol–water partition coefficient (Wildman–Crippen LogP) is 6.79. The van der Waals surface area contributed by atoms with Crippen LogP contribution in [0.5, 0.6) is 0 Å². The van der Waals surface area contributed by atoms with Crippen molar-refractivity contribution in [3.8, 4) is 11.1 Å². The molecule has 1 aromatic heterocycles. The molecule has 1 N–H and O–H groups in total. The number of allylic oxidation sites excluding steroid dienone is 3. The van der Waals surface area contributed by atoms with E-state index in [0.29, 0.717) is 13.0 Å². The van der Waals surface area contributed by atoms with Crippen molar-refractivity contribution in [1.29, 1.82) is 0 Å². The molecule has 4 nitrogen and oxygen atoms in total. The fourth-order valence-corrected chi connectivity index (χ4v) is 5.03. The highest BCUT2D eigenvalue weighted by atomic mass is 19.1. The Kier molecular flexibility index (Phi) is 7.30. The Morgan fingerprint density at radius 3 is 2.82 bits per heavy atom. The van der Waals surface area contributed by atoms with Crippen molar-refractivity contribution in [1.82, 2.24) is 9.88 Å². The minimum Gasteiger partial charge on any atom is -0.354 e. The number of hydrogen-bond acceptors (Lipinski definition) is 3. The third-order valence-corrected chi connectivity index (χ3v) is 6.63. The minimum atomic E-state index is -0.879. The van der Waals surface area contributed by atoms with Gasteiger partial charge in [0.05, 0.1) is 18.4 Å². The Bertz CT molecular complexity index is 1160. The van der Waals surface area contributed by atoms with Crippen molar-refractivity contribution >= 4 is 11.7 Å². The van der Waals surface area contributed by atoms with Gasteiger partial charge in [0.1, 0.15) is 12.0 Å². The summed E-state index contributed by atoms with van der Waals surface area (Å²) in [6, 6.07) is 10.8. The summed E-state index contributed by atoms with van der Waals surface area (Å²) in [5, 5.41) is 3.33. The van der Waals surface area contributed by atoms with E-state index in [4.69, 9.17) is 4.99 Å². The van der Waals surface area contributed by atoms with Gasteiger partial charge in [0, 0.05) is 31.3 Å². The Morgan fingerprint density at radius 1 is 1.24 bits per heavy atom. The highest BCUT2D eigenvalue weighted by Gasteiger charge is 2.32. The second-order valence-corrected chi connectivity index (χ2v) is 9.40. The minimum absolute atomic E-state index is 0.239. The van der Waals surface area contributed by atoms with Crippen LogP contribution in [0.15, 0.2) is 77.1 Å². The molecule has 0 spiro atoms. The number of likely N-dealkylation sites (N-methyl/N-ethyl adjacent to an activating group) is 1. The molecule has 2 atom stereocenters. The molecule has 0 radical (unpaired) electrons. The fraction of sp³-hybridized carbons (Fsp3) is 0.379. The first-order chi connectivity index (χ1) is 16.3. The zero-order valence-corrected chi connectivity index (χ0v) is 20.7. The number of aromatic nitrogens is 1. The second-order valence-electron chi connectivity index (χ2n) is 9.40. The number of likely N-dealkylation sites (tertiary alicyclic amines) is 1. The molecule has 0 bridgehead atoms. The van der Waals surface area contributed by atoms with Crippen LogP contribution in [0.2, 0.25) is 0 Å². The summed E-state index contributed by atoms with van der Waals surface area (Å²) in [4.78, 5) is 11.7. The molecule has 1 aromatic carbocycles. The molecule has 34 heavy (non-hydrogen) atoms. The number of pyridine rings is 1. The van der Waals surface area contributed by atoms with Gasteiger partial charge >= 0.3 is 0 Å². The van der Waals surface area contributed by atoms with Gasteiger partial charge in [-0.05, 0) is 74.6 Å². The monoisotopic (exact) mass is 458 g/mol. The van der Waals surface area contributed by atoms with E-state index in [2.05, 4.69) is 72.9 Å². The van der Waals surface area contributed by atoms with E-state index in [-0.39, 0.29) is 6.04 Å². The molecule has 0 amide bonds. The molecule has 4 rings (SSSR count). The molecule has 1 aliphatic carbocycles. The van der Waals surface area contributed by atoms with Crippen LogP contribution in [0.1, 0.15) is 44.2 Å². The maximum atomic E-state index is 14.1. The fourth-order valence-electron chi connectivity index (χ4n) is 5.03. The third-order valence-electron chi connectivity index (χ3n) is 6.63. The number of alkyl halides is 1. The van der Waals surface area contributed by atoms with Gasteiger partial charge in [-0.25, -0.2) is 9.37 Å². The molecule has 2 aliphatic rings. The summed E-state index contributed by atoms with van der Waals surface area (Å²) < 4.78 is 14.1. The van der Waals surface area contributed by atoms with Gasteiger partial charge in [-0.1, -0.05) is 42.0 Å². The van der Waals surface area contributed by atoms with Crippen LogP contribution < -0.4 is 5.32 Å². The molecule has 178 valence electrons. The van der Waals surface area contributed by atoms with Gasteiger partial charge in [0.25, 0.3) is 0 Å². The van der Waals surface area contributed by atoms with Crippen molar-refractivity contribution in [3.05, 3.63) is 83.2 Å². The number of aryl methyl sites for hydroxylation is 2. The number of rotatable bonds is 7. The first-order valence-corrected chi connectivity index (χ1v) is 12.2. The van der Waals surface area contributed by atoms with Gasteiger partial charge < -0.3 is 10.2 Å². The number of halogens is 1. The standard InChI is InChI=1S/C29H35FN4/c1-6-34-27(24-13-20(3)14-25(30)16-24)9-10-29(34)32-18-22(5)33-28-17-23(11-12-31-28)26-15-19(2)7-8-21(26)4/h7-8,11-15,17,25,27H,5-6,9-10,16,18H2,1-4H3,(H,31,33). The van der Waals surface area contributed by atoms with Crippen LogP contribution in [0.25, 0.3) is 11.1 Å². The number of anilines is 1. The van der Waals surface area contributed by atoms with Crippen LogP contribution in [0, 0.1) is 13.8 Å². The van der Waals surface area contributed by atoms with Crippen molar-refractivity contribution in [2.75, 3.05) is 18.4 Å². The lowest BCUT2D eigenvalue weighted by molar-refractivity contribution is 0.342. The summed E-state index contributed by atoms with van der Waals surface area (Å²) in [6.07, 6.45) is 7.19. The normalized spacial score (nSPS) is 21.4. The van der Waals surface area contributed by atoms with E-state index in [0.717, 1.165) is 47.9 Å². The Balaban J connectivity index is 1.42. The van der Waals surface area contributed by atoms with Crippen LogP contribution in [-0.4, -0.2) is 41.0 Å². The van der Waals surface area contributed by atoms with Crippen LogP contribution >= 0.6 is 0 Å². The number of amidine groups is 1. The second kappa shape index (κ2) is 10.4. The topological polar surface area (TPSA) is 40.5 Å². The lowest BCUT2D eigenvalue weighted by Gasteiger charge is -2.30. The van der Waals surface area contributed by atoms with Gasteiger partial charge in [0.2, 0.25) is 0 Å². The van der Waals surface area contributed by atoms with E-state index < -0.39 is 6.17 Å². The zero-order chi connectivity index (χ0) is 24.2. The highest BCUT2D eigenvalue weighted by molar-refractivity contribution is 5.85. The largest absolute Gasteiger partial charge is 0.354 e. The Hall–Kier alpha value is -3.21. The number of nitrogens with zero attached hydrogens (tertiary/aromatic N) is 3. The number of nitrogens with one attached hydrogen (secondary N) is 1. The van der Waals surface area contributed by atoms with Crippen LogP contribution in [-0.2, 0) is 0 Å². The Labute approximate surface area is 203 Å². The van der Waals surface area contributed by atoms with E-state index >= 15 is 0 Å². The first kappa shape index (κ1) is 23.9. The van der Waals surface area contributed by atoms with Gasteiger partial charge in [0.15, 0.2) is 0 Å². The maximum Gasteiger partial charge on any atom is 0.130 e. The molecule has 2 heterocycles. The lowest BCUT2D eigenvalue weighted by Crippen LogP contribution is -2.35. The lowest BCUT2D eigenvalue weighted by atomic mass is 9.92. The number of aliphatic imine (C=N–C) groups is 1. The summed E-state index contributed by atoms with van der Waals surface area (Å²) in [5.41, 5.74) is 7.82. The molecular formula is C29H35FN4. The molecular weight excluding hydrogens is 423 g/mol. The SMILES string of the molecule is C=C(CN=C1CCC(C2=CC(C)=CC(F)C2)N1CC)Nc1cc(-c2cc(C)ccc2C)ccn1. The average Bonchev–Trinajstić information content (AvgIpc) is 3.22. The molecule has 5 heteroatoms. The maximum absolute atomic E-state index is 14.1. The average molecular weight is 459 g/mol. The van der Waals surface area contributed by atoms with Crippen molar-refractivity contribution in [2.45, 2.75) is 59.2 Å². The molecule has 1 saturated heterocycles. The quantitative estimate of drug-likeness (QED) is 0.497. The van der Waals surface area contributed by atoms with E-state index in [1.807, 2.05) is 19.2 Å². The van der Waals surface area contributed by atoms with E-state index in [1.165, 1.54) is 22.3 Å². The van der Waals surface area contributed by atoms with Crippen molar-refractivity contribution in [2.24, 2.45) is 4.99 Å². The van der Waals surface area contributed by atoms with Crippen LogP contribution in [0.4, 0.5) is 10.2 Å². The summed E-state index contributed by atoms with van der Waals surface area (Å²) >= 11 is 0. The summed E-state index contributed by atoms with van der Waals surface area (Å²) in [6.45, 7) is 13.9. The zero-order valence-electron chi connectivity index (χ0n) is 20.7. The number of hydrogen-bond donors (Lipinski definition) is 1. The highest BCUT2D eigenvalue weighted by Crippen LogP contribution is 2.32. The van der Waals surface area contributed by atoms with Crippen LogP contribution in [0.3, 0.4) is 0 Å². The molecule has 2 aromatic rings. The van der Waals surface area contributed by atoms with Crippen molar-refractivity contribution < 1.29 is 4.39 Å². The molecule has 1 aliphatic heterocycles. The predicted molar refractivity (Wildman–Crippen MR) is 141 cm³/mol. The molecule has 1 fully saturated rings. The third kappa shape index (κ3) is 5.46.